The molecule has 532 valence electrons. The fraction of sp³-hybridized carbons (Fsp3) is 0.325. The number of likely N-dealkylation sites (N-methyl/N-ethyl adjacent to an activating group) is 2. The van der Waals surface area contributed by atoms with E-state index in [9.17, 15) is 28.8 Å². The average molecular weight is 1370 g/mol. The quantitative estimate of drug-likeness (QED) is 0.0724. The minimum Gasteiger partial charge on any atom is -0.340 e. The largest absolute Gasteiger partial charge is 0.340 e. The molecule has 0 unspecified atom stereocenters. The van der Waals surface area contributed by atoms with Crippen LogP contribution in [0.5, 0.6) is 0 Å². The number of piperidine rings is 1. The van der Waals surface area contributed by atoms with E-state index in [-0.39, 0.29) is 61.1 Å². The van der Waals surface area contributed by atoms with Crippen LogP contribution in [0.3, 0.4) is 0 Å². The second-order valence-corrected chi connectivity index (χ2v) is 26.4. The van der Waals surface area contributed by atoms with E-state index in [1.165, 1.54) is 38.8 Å². The third-order valence-corrected chi connectivity index (χ3v) is 18.8. The van der Waals surface area contributed by atoms with Crippen molar-refractivity contribution in [1.29, 1.82) is 0 Å². The van der Waals surface area contributed by atoms with Crippen molar-refractivity contribution in [1.82, 2.24) is 59.3 Å². The number of anilines is 3. The number of likely N-dealkylation sites (tertiary alicyclic amines) is 4. The molecule has 1 atom stereocenters. The monoisotopic (exact) mass is 1370 g/mol. The van der Waals surface area contributed by atoms with E-state index < -0.39 is 0 Å². The van der Waals surface area contributed by atoms with Crippen molar-refractivity contribution in [2.45, 2.75) is 84.2 Å². The molecule has 0 saturated carbocycles. The van der Waals surface area contributed by atoms with Gasteiger partial charge in [-0.05, 0) is 185 Å². The van der Waals surface area contributed by atoms with E-state index in [4.69, 9.17) is 0 Å². The van der Waals surface area contributed by atoms with Gasteiger partial charge in [0.25, 0.3) is 35.4 Å². The minimum absolute atomic E-state index is 0. The topological polar surface area (TPSA) is 235 Å². The van der Waals surface area contributed by atoms with Crippen LogP contribution in [0.15, 0.2) is 182 Å². The molecule has 0 aliphatic carbocycles. The molecule has 4 saturated heterocycles. The molecule has 7 heterocycles. The van der Waals surface area contributed by atoms with Gasteiger partial charge in [0.1, 0.15) is 17.1 Å². The lowest BCUT2D eigenvalue weighted by Gasteiger charge is -2.36. The van der Waals surface area contributed by atoms with Crippen molar-refractivity contribution in [3.63, 3.8) is 0 Å². The molecule has 21 nitrogen and oxygen atoms in total. The Morgan fingerprint density at radius 1 is 0.436 bits per heavy atom. The number of hydrogen-bond donors (Lipinski definition) is 3. The molecule has 9 aromatic rings. The van der Waals surface area contributed by atoms with Crippen LogP contribution in [0, 0.1) is 20.8 Å². The van der Waals surface area contributed by atoms with Crippen molar-refractivity contribution in [2.75, 3.05) is 103 Å². The van der Waals surface area contributed by atoms with Gasteiger partial charge in [0.15, 0.2) is 0 Å². The number of nitrogens with zero attached hydrogens (tertiary/aromatic N) is 12. The van der Waals surface area contributed by atoms with Crippen molar-refractivity contribution in [2.24, 2.45) is 0 Å². The number of benzene rings is 6. The van der Waals surface area contributed by atoms with Crippen LogP contribution >= 0.6 is 0 Å². The van der Waals surface area contributed by atoms with Gasteiger partial charge >= 0.3 is 0 Å². The first-order chi connectivity index (χ1) is 49.0. The van der Waals surface area contributed by atoms with E-state index in [1.54, 1.807) is 63.4 Å². The zero-order chi connectivity index (χ0) is 70.8. The Balaban J connectivity index is 0.000000281. The number of para-hydroxylation sites is 3. The second kappa shape index (κ2) is 34.4. The Morgan fingerprint density at radius 2 is 0.822 bits per heavy atom. The van der Waals surface area contributed by atoms with Crippen LogP contribution in [-0.4, -0.2) is 193 Å². The molecule has 0 bridgehead atoms. The van der Waals surface area contributed by atoms with Crippen LogP contribution < -0.4 is 16.0 Å². The van der Waals surface area contributed by atoms with Gasteiger partial charge in [0.05, 0.1) is 52.8 Å². The number of amides is 6. The molecule has 4 aliphatic heterocycles. The second-order valence-electron chi connectivity index (χ2n) is 26.4. The highest BCUT2D eigenvalue weighted by atomic mass is 16.2. The SMILES string of the molecule is Cc1ncc(-c2ccc(C(=O)N(C)CCN(C)C)cc2)nc1C(=O)Nc1ccccc1.Cc1ncc(-c2ccc(C(=O)N3CCC(N4CCCC4)CC3)cc2)nc1C(=O)Nc1ccccc1.Cc1ncc(-c2ccc(C(=O)N3CCC[C@@H]3CN3CCCC3)cc2)nc1C(=O)Nc1ccccc1.[HH].[HH].[HH].[HH].[HH].[HH]. The maximum Gasteiger partial charge on any atom is 0.276 e. The number of aromatic nitrogens is 6. The van der Waals surface area contributed by atoms with Crippen LogP contribution in [0.1, 0.15) is 140 Å². The van der Waals surface area contributed by atoms with Gasteiger partial charge in [-0.3, -0.25) is 43.7 Å². The molecular formula is C80H101N15O6. The molecule has 4 fully saturated rings. The van der Waals surface area contributed by atoms with Crippen LogP contribution in [0.25, 0.3) is 33.8 Å². The zero-order valence-corrected chi connectivity index (χ0v) is 58.5. The third kappa shape index (κ3) is 19.0. The van der Waals surface area contributed by atoms with Gasteiger partial charge in [-0.25, -0.2) is 15.0 Å². The number of nitrogens with one attached hydrogen (secondary N) is 3. The highest BCUT2D eigenvalue weighted by Gasteiger charge is 2.33. The number of carbonyl (C=O) groups is 6. The van der Waals surface area contributed by atoms with Gasteiger partial charge in [0, 0.05) is 117 Å². The molecule has 4 aliphatic rings. The zero-order valence-electron chi connectivity index (χ0n) is 58.5. The summed E-state index contributed by atoms with van der Waals surface area (Å²) in [4.78, 5) is 117. The molecule has 21 heteroatoms. The molecule has 6 aromatic carbocycles. The highest BCUT2D eigenvalue weighted by Crippen LogP contribution is 2.28. The van der Waals surface area contributed by atoms with Gasteiger partial charge in [-0.15, -0.1) is 0 Å². The van der Waals surface area contributed by atoms with Crippen LogP contribution in [0.2, 0.25) is 0 Å². The fourth-order valence-electron chi connectivity index (χ4n) is 13.0. The maximum atomic E-state index is 13.3. The summed E-state index contributed by atoms with van der Waals surface area (Å²) < 4.78 is 0. The highest BCUT2D eigenvalue weighted by molar-refractivity contribution is 6.05. The van der Waals surface area contributed by atoms with E-state index >= 15 is 0 Å². The number of aryl methyl sites for hydroxylation is 3. The standard InChI is InChI=1S/2C28H31N5O2.C24H27N5O2.6H2/c1-20-26(27(34)30-23-8-3-2-4-9-23)31-25(18-29-20)21-11-13-22(14-12-21)28(35)33-17-7-10-24(33)19-32-15-5-6-16-32;1-20-26(27(34)30-23-7-3-2-4-8-23)31-25(19-29-20)21-9-11-22(12-10-21)28(35)33-17-13-24(14-18-33)32-15-5-6-16-32;1-17-22(23(30)26-20-8-6-5-7-9-20)27-21(16-25-17)18-10-12-19(13-11-18)24(31)29(4)15-14-28(2)3;;;;;;/h2-4,8-9,11-14,18,24H,5-7,10,15-17,19H2,1H3,(H,30,34);2-4,7-12,19,24H,5-6,13-18H2,1H3,(H,30,34);5-13,16H,14-15H2,1-4H3,(H,26,30);6*1H/t24-;;;;;;;;/m1......../s1. The maximum absolute atomic E-state index is 13.3. The molecule has 0 radical (unpaired) electrons. The summed E-state index contributed by atoms with van der Waals surface area (Å²) in [5, 5.41) is 8.57. The van der Waals surface area contributed by atoms with E-state index in [1.807, 2.05) is 180 Å². The summed E-state index contributed by atoms with van der Waals surface area (Å²) in [7, 11) is 5.75. The first-order valence-corrected chi connectivity index (χ1v) is 34.9. The lowest BCUT2D eigenvalue weighted by atomic mass is 10.0. The number of carbonyl (C=O) groups excluding carboxylic acids is 6. The van der Waals surface area contributed by atoms with Crippen LogP contribution in [0.4, 0.5) is 17.1 Å². The number of rotatable bonds is 18. The lowest BCUT2D eigenvalue weighted by Crippen LogP contribution is -2.45. The predicted octanol–water partition coefficient (Wildman–Crippen LogP) is 13.6. The van der Waals surface area contributed by atoms with E-state index in [0.717, 1.165) is 88.2 Å². The summed E-state index contributed by atoms with van der Waals surface area (Å²) in [5.41, 5.74) is 10.8. The molecule has 13 rings (SSSR count). The van der Waals surface area contributed by atoms with Gasteiger partial charge in [-0.2, -0.15) is 0 Å². The third-order valence-electron chi connectivity index (χ3n) is 18.8. The summed E-state index contributed by atoms with van der Waals surface area (Å²) in [6, 6.07) is 50.8. The smallest absolute Gasteiger partial charge is 0.276 e. The van der Waals surface area contributed by atoms with Crippen molar-refractivity contribution >= 4 is 52.5 Å². The molecule has 3 aromatic heterocycles. The average Bonchev–Trinajstić information content (AvgIpc) is 1.65. The summed E-state index contributed by atoms with van der Waals surface area (Å²) in [6.07, 6.45) is 14.3. The first kappa shape index (κ1) is 71.5. The Labute approximate surface area is 600 Å². The Kier molecular flexibility index (Phi) is 24.3. The Hall–Kier alpha value is -10.7. The molecule has 101 heavy (non-hydrogen) atoms. The summed E-state index contributed by atoms with van der Waals surface area (Å²) in [5.74, 6) is -0.774. The van der Waals surface area contributed by atoms with E-state index in [2.05, 4.69) is 55.7 Å². The minimum atomic E-state index is -0.313. The Morgan fingerprint density at radius 3 is 1.23 bits per heavy atom. The molecule has 0 spiro atoms. The van der Waals surface area contributed by atoms with Crippen molar-refractivity contribution in [3.05, 3.63) is 233 Å². The van der Waals surface area contributed by atoms with E-state index in [0.29, 0.717) is 86.5 Å². The van der Waals surface area contributed by atoms with Crippen LogP contribution in [-0.2, 0) is 0 Å². The van der Waals surface area contributed by atoms with Gasteiger partial charge < -0.3 is 45.3 Å². The fourth-order valence-corrected chi connectivity index (χ4v) is 13.0. The Bertz CT molecular complexity index is 4330. The molecule has 6 amide bonds. The van der Waals surface area contributed by atoms with Crippen molar-refractivity contribution in [3.8, 4) is 33.8 Å². The summed E-state index contributed by atoms with van der Waals surface area (Å²) >= 11 is 0. The predicted molar refractivity (Wildman–Crippen MR) is 407 cm³/mol. The van der Waals surface area contributed by atoms with Gasteiger partial charge in [-0.1, -0.05) is 91.0 Å². The number of hydrogen-bond acceptors (Lipinski definition) is 15. The summed E-state index contributed by atoms with van der Waals surface area (Å²) in [6.45, 7) is 14.9. The molecular weight excluding hydrogens is 1270 g/mol. The lowest BCUT2D eigenvalue weighted by molar-refractivity contribution is 0.0643. The van der Waals surface area contributed by atoms with Crippen molar-refractivity contribution < 1.29 is 37.3 Å². The van der Waals surface area contributed by atoms with Gasteiger partial charge in [0.2, 0.25) is 0 Å². The molecule has 3 N–H and O–H groups in total. The first-order valence-electron chi connectivity index (χ1n) is 34.9. The normalized spacial score (nSPS) is 15.4.